The van der Waals surface area contributed by atoms with Crippen LogP contribution in [0.4, 0.5) is 5.69 Å². The summed E-state index contributed by atoms with van der Waals surface area (Å²) in [5.41, 5.74) is 0.740. The number of aromatic nitrogens is 2. The van der Waals surface area contributed by atoms with Crippen molar-refractivity contribution in [3.63, 3.8) is 0 Å². The summed E-state index contributed by atoms with van der Waals surface area (Å²) < 4.78 is 2.41. The maximum absolute atomic E-state index is 11.6. The van der Waals surface area contributed by atoms with Crippen molar-refractivity contribution >= 4 is 50.7 Å². The predicted molar refractivity (Wildman–Crippen MR) is 71.7 cm³/mol. The van der Waals surface area contributed by atoms with Gasteiger partial charge in [-0.2, -0.15) is 0 Å². The normalized spacial score (nSPS) is 10.7. The highest BCUT2D eigenvalue weighted by molar-refractivity contribution is 9.10. The molecule has 2 heterocycles. The second kappa shape index (κ2) is 4.70. The van der Waals surface area contributed by atoms with E-state index in [0.717, 1.165) is 4.90 Å². The van der Waals surface area contributed by atoms with Crippen LogP contribution in [-0.4, -0.2) is 21.2 Å². The van der Waals surface area contributed by atoms with Gasteiger partial charge in [0.2, 0.25) is 11.8 Å². The van der Waals surface area contributed by atoms with Gasteiger partial charge in [0, 0.05) is 20.0 Å². The first kappa shape index (κ1) is 13.0. The molecule has 0 bridgehead atoms. The lowest BCUT2D eigenvalue weighted by molar-refractivity contribution is -0.124. The lowest BCUT2D eigenvalue weighted by atomic mass is 10.3. The van der Waals surface area contributed by atoms with E-state index in [-0.39, 0.29) is 0 Å². The van der Waals surface area contributed by atoms with Crippen molar-refractivity contribution < 1.29 is 9.59 Å². The second-order valence-corrected chi connectivity index (χ2v) is 4.88. The fourth-order valence-corrected chi connectivity index (χ4v) is 2.34. The Morgan fingerprint density at radius 2 is 2.00 bits per heavy atom. The molecule has 0 radical (unpaired) electrons. The summed E-state index contributed by atoms with van der Waals surface area (Å²) in [4.78, 5) is 28.3. The maximum Gasteiger partial charge on any atom is 0.230 e. The minimum Gasteiger partial charge on any atom is -0.292 e. The van der Waals surface area contributed by atoms with E-state index in [0.29, 0.717) is 21.0 Å². The maximum atomic E-state index is 11.6. The molecule has 94 valence electrons. The molecule has 5 nitrogen and oxygen atoms in total. The smallest absolute Gasteiger partial charge is 0.230 e. The molecule has 2 rings (SSSR count). The third kappa shape index (κ3) is 2.02. The number of carbonyl (C=O) groups is 2. The predicted octanol–water partition coefficient (Wildman–Crippen LogP) is 2.65. The number of pyridine rings is 1. The number of carbonyl (C=O) groups excluding carboxylic acids is 2. The SMILES string of the molecule is CC(=O)N(C(C)=O)c1c(Cl)ccn2c(Br)cnc12. The third-order valence-corrected chi connectivity index (χ3v) is 3.30. The minimum atomic E-state index is -0.406. The largest absolute Gasteiger partial charge is 0.292 e. The fraction of sp³-hybridized carbons (Fsp3) is 0.182. The number of hydrogen-bond acceptors (Lipinski definition) is 3. The molecule has 0 atom stereocenters. The number of imidazole rings is 1. The van der Waals surface area contributed by atoms with Crippen molar-refractivity contribution in [3.8, 4) is 0 Å². The molecule has 2 aromatic rings. The molecule has 0 aliphatic rings. The molecule has 2 aromatic heterocycles. The summed E-state index contributed by atoms with van der Waals surface area (Å²) in [5.74, 6) is -0.812. The quantitative estimate of drug-likeness (QED) is 0.808. The lowest BCUT2D eigenvalue weighted by Gasteiger charge is -2.19. The molecular weight excluding hydrogens is 321 g/mol. The van der Waals surface area contributed by atoms with Crippen LogP contribution in [0, 0.1) is 0 Å². The number of hydrogen-bond donors (Lipinski definition) is 0. The van der Waals surface area contributed by atoms with E-state index in [1.807, 2.05) is 0 Å². The van der Waals surface area contributed by atoms with Crippen LogP contribution in [0.15, 0.2) is 23.1 Å². The van der Waals surface area contributed by atoms with Gasteiger partial charge in [-0.1, -0.05) is 11.6 Å². The highest BCUT2D eigenvalue weighted by Gasteiger charge is 2.23. The first-order valence-electron chi connectivity index (χ1n) is 5.05. The molecule has 0 saturated heterocycles. The van der Waals surface area contributed by atoms with E-state index < -0.39 is 11.8 Å². The molecule has 2 amide bonds. The third-order valence-electron chi connectivity index (χ3n) is 2.41. The Balaban J connectivity index is 2.79. The average Bonchev–Trinajstić information content (AvgIpc) is 2.63. The highest BCUT2D eigenvalue weighted by Crippen LogP contribution is 2.31. The summed E-state index contributed by atoms with van der Waals surface area (Å²) in [7, 11) is 0. The van der Waals surface area contributed by atoms with Gasteiger partial charge in [0.1, 0.15) is 10.3 Å². The number of amides is 2. The first-order valence-corrected chi connectivity index (χ1v) is 6.23. The summed E-state index contributed by atoms with van der Waals surface area (Å²) in [6.45, 7) is 2.61. The standard InChI is InChI=1S/C11H9BrClN3O2/c1-6(17)16(7(2)18)10-8(13)3-4-15-9(12)5-14-11(10)15/h3-5H,1-2H3. The van der Waals surface area contributed by atoms with E-state index in [1.54, 1.807) is 22.9 Å². The molecule has 0 saturated carbocycles. The van der Waals surface area contributed by atoms with Crippen LogP contribution in [0.2, 0.25) is 5.02 Å². The van der Waals surface area contributed by atoms with Gasteiger partial charge in [0.25, 0.3) is 0 Å². The Bertz CT molecular complexity index is 639. The summed E-state index contributed by atoms with van der Waals surface area (Å²) in [6, 6.07) is 1.61. The summed E-state index contributed by atoms with van der Waals surface area (Å²) in [5, 5.41) is 0.297. The zero-order valence-corrected chi connectivity index (χ0v) is 12.0. The minimum absolute atomic E-state index is 0.296. The zero-order chi connectivity index (χ0) is 13.4. The van der Waals surface area contributed by atoms with Crippen molar-refractivity contribution in [2.75, 3.05) is 4.90 Å². The van der Waals surface area contributed by atoms with Crippen LogP contribution in [0.3, 0.4) is 0 Å². The van der Waals surface area contributed by atoms with Gasteiger partial charge >= 0.3 is 0 Å². The van der Waals surface area contributed by atoms with Crippen LogP contribution >= 0.6 is 27.5 Å². The van der Waals surface area contributed by atoms with Crippen LogP contribution in [0.25, 0.3) is 5.65 Å². The van der Waals surface area contributed by atoms with Gasteiger partial charge in [-0.15, -0.1) is 0 Å². The Kier molecular flexibility index (Phi) is 3.41. The van der Waals surface area contributed by atoms with Crippen molar-refractivity contribution in [3.05, 3.63) is 28.1 Å². The number of anilines is 1. The van der Waals surface area contributed by atoms with Gasteiger partial charge in [-0.05, 0) is 22.0 Å². The summed E-state index contributed by atoms with van der Waals surface area (Å²) >= 11 is 9.40. The Labute approximate surface area is 116 Å². The highest BCUT2D eigenvalue weighted by atomic mass is 79.9. The molecule has 7 heteroatoms. The molecule has 0 spiro atoms. The lowest BCUT2D eigenvalue weighted by Crippen LogP contribution is -2.33. The molecule has 0 aliphatic heterocycles. The molecule has 0 aliphatic carbocycles. The molecule has 18 heavy (non-hydrogen) atoms. The first-order chi connectivity index (χ1) is 8.43. The van der Waals surface area contributed by atoms with Crippen LogP contribution < -0.4 is 4.90 Å². The van der Waals surface area contributed by atoms with Crippen molar-refractivity contribution in [2.24, 2.45) is 0 Å². The van der Waals surface area contributed by atoms with Crippen molar-refractivity contribution in [2.45, 2.75) is 13.8 Å². The van der Waals surface area contributed by atoms with Gasteiger partial charge in [0.05, 0.1) is 11.2 Å². The number of fused-ring (bicyclic) bond motifs is 1. The number of rotatable bonds is 1. The van der Waals surface area contributed by atoms with E-state index >= 15 is 0 Å². The fourth-order valence-electron chi connectivity index (χ4n) is 1.73. The molecule has 0 aromatic carbocycles. The number of nitrogens with zero attached hydrogens (tertiary/aromatic N) is 3. The van der Waals surface area contributed by atoms with Crippen LogP contribution in [0.5, 0.6) is 0 Å². The van der Waals surface area contributed by atoms with Gasteiger partial charge < -0.3 is 0 Å². The van der Waals surface area contributed by atoms with Crippen molar-refractivity contribution in [1.29, 1.82) is 0 Å². The van der Waals surface area contributed by atoms with E-state index in [4.69, 9.17) is 11.6 Å². The summed E-state index contributed by atoms with van der Waals surface area (Å²) in [6.07, 6.45) is 3.28. The number of imide groups is 1. The van der Waals surface area contributed by atoms with E-state index in [9.17, 15) is 9.59 Å². The zero-order valence-electron chi connectivity index (χ0n) is 9.65. The van der Waals surface area contributed by atoms with Crippen molar-refractivity contribution in [1.82, 2.24) is 9.38 Å². The molecule has 0 fully saturated rings. The average molecular weight is 331 g/mol. The Morgan fingerprint density at radius 3 is 2.56 bits per heavy atom. The number of halogens is 2. The van der Waals surface area contributed by atoms with Crippen LogP contribution in [0.1, 0.15) is 13.8 Å². The molecule has 0 unspecified atom stereocenters. The van der Waals surface area contributed by atoms with Gasteiger partial charge in [-0.25, -0.2) is 9.88 Å². The Hall–Kier alpha value is -1.40. The second-order valence-electron chi connectivity index (χ2n) is 3.66. The van der Waals surface area contributed by atoms with Crippen LogP contribution in [-0.2, 0) is 9.59 Å². The van der Waals surface area contributed by atoms with Gasteiger partial charge in [-0.3, -0.25) is 14.0 Å². The van der Waals surface area contributed by atoms with E-state index in [2.05, 4.69) is 20.9 Å². The van der Waals surface area contributed by atoms with E-state index in [1.165, 1.54) is 13.8 Å². The monoisotopic (exact) mass is 329 g/mol. The molecule has 0 N–H and O–H groups in total. The van der Waals surface area contributed by atoms with Gasteiger partial charge in [0.15, 0.2) is 5.65 Å². The molecular formula is C11H9BrClN3O2. The Morgan fingerprint density at radius 1 is 1.39 bits per heavy atom. The topological polar surface area (TPSA) is 54.7 Å².